The third kappa shape index (κ3) is 6.58. The van der Waals surface area contributed by atoms with E-state index in [1.165, 1.54) is 14.2 Å². The van der Waals surface area contributed by atoms with E-state index in [2.05, 4.69) is 9.47 Å². The SMILES string of the molecule is COC(=O)CCN(CCC(=O)OC)Cc1ccc(OC)cc1. The minimum Gasteiger partial charge on any atom is -0.497 e. The van der Waals surface area contributed by atoms with E-state index in [0.717, 1.165) is 11.3 Å². The molecule has 6 heteroatoms. The third-order valence-corrected chi connectivity index (χ3v) is 3.28. The molecule has 22 heavy (non-hydrogen) atoms. The summed E-state index contributed by atoms with van der Waals surface area (Å²) in [5, 5.41) is 0. The molecule has 122 valence electrons. The second kappa shape index (κ2) is 9.78. The van der Waals surface area contributed by atoms with Crippen LogP contribution in [-0.2, 0) is 25.6 Å². The fourth-order valence-electron chi connectivity index (χ4n) is 1.96. The van der Waals surface area contributed by atoms with Gasteiger partial charge in [-0.15, -0.1) is 0 Å². The highest BCUT2D eigenvalue weighted by Crippen LogP contribution is 2.13. The largest absolute Gasteiger partial charge is 0.497 e. The molecule has 0 atom stereocenters. The van der Waals surface area contributed by atoms with E-state index >= 15 is 0 Å². The van der Waals surface area contributed by atoms with Gasteiger partial charge in [-0.3, -0.25) is 14.5 Å². The lowest BCUT2D eigenvalue weighted by molar-refractivity contribution is -0.141. The van der Waals surface area contributed by atoms with Gasteiger partial charge in [0.05, 0.1) is 34.2 Å². The maximum absolute atomic E-state index is 11.3. The standard InChI is InChI=1S/C16H23NO5/c1-20-14-6-4-13(5-7-14)12-17(10-8-15(18)21-2)11-9-16(19)22-3/h4-7H,8-12H2,1-3H3. The van der Waals surface area contributed by atoms with Gasteiger partial charge in [0.2, 0.25) is 0 Å². The normalized spacial score (nSPS) is 10.4. The average Bonchev–Trinajstić information content (AvgIpc) is 2.57. The number of rotatable bonds is 9. The van der Waals surface area contributed by atoms with Gasteiger partial charge in [0.25, 0.3) is 0 Å². The van der Waals surface area contributed by atoms with Crippen LogP contribution in [0.25, 0.3) is 0 Å². The fourth-order valence-corrected chi connectivity index (χ4v) is 1.96. The molecule has 0 aromatic heterocycles. The van der Waals surface area contributed by atoms with Crippen LogP contribution in [0.2, 0.25) is 0 Å². The molecule has 0 heterocycles. The Labute approximate surface area is 131 Å². The average molecular weight is 309 g/mol. The van der Waals surface area contributed by atoms with Gasteiger partial charge < -0.3 is 14.2 Å². The molecule has 0 N–H and O–H groups in total. The van der Waals surface area contributed by atoms with Gasteiger partial charge in [0.15, 0.2) is 0 Å². The number of hydrogen-bond acceptors (Lipinski definition) is 6. The zero-order chi connectivity index (χ0) is 16.4. The summed E-state index contributed by atoms with van der Waals surface area (Å²) >= 11 is 0. The van der Waals surface area contributed by atoms with Gasteiger partial charge in [-0.1, -0.05) is 12.1 Å². The topological polar surface area (TPSA) is 65.1 Å². The maximum atomic E-state index is 11.3. The summed E-state index contributed by atoms with van der Waals surface area (Å²) in [7, 11) is 4.35. The predicted molar refractivity (Wildman–Crippen MR) is 81.5 cm³/mol. The van der Waals surface area contributed by atoms with E-state index in [0.29, 0.717) is 19.6 Å². The van der Waals surface area contributed by atoms with Gasteiger partial charge in [0.1, 0.15) is 5.75 Å². The van der Waals surface area contributed by atoms with Crippen molar-refractivity contribution in [1.82, 2.24) is 4.90 Å². The van der Waals surface area contributed by atoms with Crippen LogP contribution in [0.3, 0.4) is 0 Å². The highest BCUT2D eigenvalue weighted by molar-refractivity contribution is 5.70. The first-order valence-electron chi connectivity index (χ1n) is 7.08. The van der Waals surface area contributed by atoms with E-state index in [4.69, 9.17) is 4.74 Å². The Balaban J connectivity index is 2.61. The van der Waals surface area contributed by atoms with Crippen molar-refractivity contribution in [3.63, 3.8) is 0 Å². The van der Waals surface area contributed by atoms with Gasteiger partial charge in [0, 0.05) is 19.6 Å². The Morgan fingerprint density at radius 2 is 1.41 bits per heavy atom. The monoisotopic (exact) mass is 309 g/mol. The first-order chi connectivity index (χ1) is 10.6. The molecule has 0 aliphatic carbocycles. The minimum atomic E-state index is -0.266. The molecular formula is C16H23NO5. The smallest absolute Gasteiger partial charge is 0.306 e. The van der Waals surface area contributed by atoms with Crippen molar-refractivity contribution in [2.45, 2.75) is 19.4 Å². The van der Waals surface area contributed by atoms with E-state index < -0.39 is 0 Å². The Bertz CT molecular complexity index is 452. The molecule has 0 aliphatic heterocycles. The Kier molecular flexibility index (Phi) is 7.99. The van der Waals surface area contributed by atoms with Crippen LogP contribution >= 0.6 is 0 Å². The number of ether oxygens (including phenoxy) is 3. The quantitative estimate of drug-likeness (QED) is 0.646. The molecule has 0 unspecified atom stereocenters. The van der Waals surface area contributed by atoms with Crippen LogP contribution < -0.4 is 4.74 Å². The number of benzene rings is 1. The highest BCUT2D eigenvalue weighted by Gasteiger charge is 2.12. The number of carbonyl (C=O) groups is 2. The van der Waals surface area contributed by atoms with Crippen LogP contribution in [0.5, 0.6) is 5.75 Å². The van der Waals surface area contributed by atoms with Crippen molar-refractivity contribution in [3.05, 3.63) is 29.8 Å². The van der Waals surface area contributed by atoms with E-state index in [9.17, 15) is 9.59 Å². The van der Waals surface area contributed by atoms with Crippen molar-refractivity contribution in [2.24, 2.45) is 0 Å². The summed E-state index contributed by atoms with van der Waals surface area (Å²) in [5.41, 5.74) is 1.08. The van der Waals surface area contributed by atoms with Gasteiger partial charge in [-0.2, -0.15) is 0 Å². The van der Waals surface area contributed by atoms with Crippen LogP contribution in [-0.4, -0.2) is 51.3 Å². The Morgan fingerprint density at radius 1 is 0.909 bits per heavy atom. The molecule has 1 aromatic carbocycles. The van der Waals surface area contributed by atoms with Crippen molar-refractivity contribution >= 4 is 11.9 Å². The van der Waals surface area contributed by atoms with E-state index in [-0.39, 0.29) is 24.8 Å². The summed E-state index contributed by atoms with van der Waals surface area (Å²) in [6, 6.07) is 7.69. The van der Waals surface area contributed by atoms with Gasteiger partial charge >= 0.3 is 11.9 Å². The molecule has 0 radical (unpaired) electrons. The van der Waals surface area contributed by atoms with Crippen molar-refractivity contribution < 1.29 is 23.8 Å². The van der Waals surface area contributed by atoms with Crippen LogP contribution in [0, 0.1) is 0 Å². The molecule has 1 rings (SSSR count). The van der Waals surface area contributed by atoms with Crippen molar-refractivity contribution in [2.75, 3.05) is 34.4 Å². The minimum absolute atomic E-state index is 0.266. The molecule has 0 saturated carbocycles. The molecular weight excluding hydrogens is 286 g/mol. The molecule has 1 aromatic rings. The molecule has 0 bridgehead atoms. The van der Waals surface area contributed by atoms with Crippen LogP contribution in [0.1, 0.15) is 18.4 Å². The molecule has 0 fully saturated rings. The summed E-state index contributed by atoms with van der Waals surface area (Å²) < 4.78 is 14.4. The lowest BCUT2D eigenvalue weighted by Crippen LogP contribution is -2.29. The summed E-state index contributed by atoms with van der Waals surface area (Å²) in [6.07, 6.45) is 0.571. The second-order valence-corrected chi connectivity index (χ2v) is 4.78. The molecule has 0 spiro atoms. The lowest BCUT2D eigenvalue weighted by atomic mass is 10.2. The summed E-state index contributed by atoms with van der Waals surface area (Å²) in [4.78, 5) is 24.6. The number of carbonyl (C=O) groups excluding carboxylic acids is 2. The van der Waals surface area contributed by atoms with E-state index in [1.54, 1.807) is 7.11 Å². The summed E-state index contributed by atoms with van der Waals surface area (Å²) in [6.45, 7) is 1.68. The Hall–Kier alpha value is -2.08. The number of hydrogen-bond donors (Lipinski definition) is 0. The zero-order valence-electron chi connectivity index (χ0n) is 13.3. The van der Waals surface area contributed by atoms with Gasteiger partial charge in [-0.25, -0.2) is 0 Å². The zero-order valence-corrected chi connectivity index (χ0v) is 13.3. The third-order valence-electron chi connectivity index (χ3n) is 3.28. The number of nitrogens with zero attached hydrogens (tertiary/aromatic N) is 1. The van der Waals surface area contributed by atoms with Crippen LogP contribution in [0.15, 0.2) is 24.3 Å². The van der Waals surface area contributed by atoms with Gasteiger partial charge in [-0.05, 0) is 17.7 Å². The molecule has 6 nitrogen and oxygen atoms in total. The maximum Gasteiger partial charge on any atom is 0.306 e. The lowest BCUT2D eigenvalue weighted by Gasteiger charge is -2.21. The predicted octanol–water partition coefficient (Wildman–Crippen LogP) is 1.62. The molecule has 0 aliphatic rings. The van der Waals surface area contributed by atoms with E-state index in [1.807, 2.05) is 29.2 Å². The summed E-state index contributed by atoms with van der Waals surface area (Å²) in [5.74, 6) is 0.259. The number of esters is 2. The van der Waals surface area contributed by atoms with Crippen LogP contribution in [0.4, 0.5) is 0 Å². The van der Waals surface area contributed by atoms with Crippen molar-refractivity contribution in [3.8, 4) is 5.75 Å². The Morgan fingerprint density at radius 3 is 1.82 bits per heavy atom. The first kappa shape index (κ1) is 18.0. The molecule has 0 amide bonds. The second-order valence-electron chi connectivity index (χ2n) is 4.78. The number of methoxy groups -OCH3 is 3. The first-order valence-corrected chi connectivity index (χ1v) is 7.08. The van der Waals surface area contributed by atoms with Crippen molar-refractivity contribution in [1.29, 1.82) is 0 Å². The highest BCUT2D eigenvalue weighted by atomic mass is 16.5. The molecule has 0 saturated heterocycles. The fraction of sp³-hybridized carbons (Fsp3) is 0.500.